The van der Waals surface area contributed by atoms with E-state index in [-0.39, 0.29) is 23.8 Å². The number of carbonyl (C=O) groups excluding carboxylic acids is 3. The van der Waals surface area contributed by atoms with E-state index in [0.717, 1.165) is 51.6 Å². The van der Waals surface area contributed by atoms with Crippen molar-refractivity contribution in [3.63, 3.8) is 0 Å². The van der Waals surface area contributed by atoms with Gasteiger partial charge in [0.1, 0.15) is 0 Å². The van der Waals surface area contributed by atoms with E-state index in [0.29, 0.717) is 37.9 Å². The number of esters is 2. The average molecular weight is 385 g/mol. The maximum absolute atomic E-state index is 11.2. The van der Waals surface area contributed by atoms with E-state index in [9.17, 15) is 14.4 Å². The quantitative estimate of drug-likeness (QED) is 0.651. The summed E-state index contributed by atoms with van der Waals surface area (Å²) in [4.78, 5) is 33.2. The highest BCUT2D eigenvalue weighted by Gasteiger charge is 2.26. The Kier molecular flexibility index (Phi) is 11.7. The minimum Gasteiger partial charge on any atom is -0.466 e. The van der Waals surface area contributed by atoms with Crippen molar-refractivity contribution in [2.75, 3.05) is 26.3 Å². The molecule has 1 saturated heterocycles. The van der Waals surface area contributed by atoms with E-state index < -0.39 is 0 Å². The van der Waals surface area contributed by atoms with Gasteiger partial charge in [0.15, 0.2) is 0 Å². The van der Waals surface area contributed by atoms with Gasteiger partial charge < -0.3 is 20.5 Å². The normalized spacial score (nSPS) is 22.9. The number of carbonyl (C=O) groups is 3. The molecule has 0 aromatic heterocycles. The van der Waals surface area contributed by atoms with Gasteiger partial charge in [-0.3, -0.25) is 14.4 Å². The van der Waals surface area contributed by atoms with Gasteiger partial charge in [-0.2, -0.15) is 0 Å². The predicted molar refractivity (Wildman–Crippen MR) is 103 cm³/mol. The molecule has 7 heteroatoms. The van der Waals surface area contributed by atoms with E-state index in [1.165, 1.54) is 0 Å². The standard InChI is InChI=1S/C11H19NO3.C9H17NO2/c1-2-15-10(13)7-8-3-5-9(6-4-8)11(12)14;1-2-12-9(11)7-8-3-5-10-6-4-8/h8-9H,2-7H2,1H3,(H2,12,14);8,10H,2-7H2,1H3. The predicted octanol–water partition coefficient (Wildman–Crippen LogP) is 2.17. The van der Waals surface area contributed by atoms with Crippen molar-refractivity contribution in [1.29, 1.82) is 0 Å². The second-order valence-electron chi connectivity index (χ2n) is 7.33. The lowest BCUT2D eigenvalue weighted by atomic mass is 9.80. The van der Waals surface area contributed by atoms with Gasteiger partial charge in [0.25, 0.3) is 0 Å². The van der Waals surface area contributed by atoms with Crippen LogP contribution in [0.1, 0.15) is 65.2 Å². The van der Waals surface area contributed by atoms with Crippen LogP contribution >= 0.6 is 0 Å². The summed E-state index contributed by atoms with van der Waals surface area (Å²) in [6.07, 6.45) is 6.77. The van der Waals surface area contributed by atoms with Crippen LogP contribution < -0.4 is 11.1 Å². The van der Waals surface area contributed by atoms with Gasteiger partial charge in [-0.15, -0.1) is 0 Å². The molecule has 2 aliphatic rings. The Bertz CT molecular complexity index is 455. The minimum atomic E-state index is -0.204. The first-order valence-corrected chi connectivity index (χ1v) is 10.3. The smallest absolute Gasteiger partial charge is 0.306 e. The summed E-state index contributed by atoms with van der Waals surface area (Å²) in [6.45, 7) is 6.69. The fourth-order valence-corrected chi connectivity index (χ4v) is 3.65. The van der Waals surface area contributed by atoms with Crippen LogP contribution in [0.15, 0.2) is 0 Å². The summed E-state index contributed by atoms with van der Waals surface area (Å²) in [5, 5.41) is 3.27. The van der Waals surface area contributed by atoms with Gasteiger partial charge in [-0.05, 0) is 77.3 Å². The second kappa shape index (κ2) is 13.5. The van der Waals surface area contributed by atoms with Crippen LogP contribution in [0.5, 0.6) is 0 Å². The lowest BCUT2D eigenvalue weighted by Gasteiger charge is -2.25. The highest BCUT2D eigenvalue weighted by Crippen LogP contribution is 2.30. The lowest BCUT2D eigenvalue weighted by Crippen LogP contribution is -2.29. The Balaban J connectivity index is 0.000000277. The Morgan fingerprint density at radius 3 is 1.67 bits per heavy atom. The molecule has 0 unspecified atom stereocenters. The molecule has 7 nitrogen and oxygen atoms in total. The summed E-state index contributed by atoms with van der Waals surface area (Å²) in [6, 6.07) is 0. The van der Waals surface area contributed by atoms with Crippen LogP contribution in [0.3, 0.4) is 0 Å². The number of amides is 1. The number of hydrogen-bond donors (Lipinski definition) is 2. The van der Waals surface area contributed by atoms with Crippen LogP contribution in [-0.2, 0) is 23.9 Å². The molecule has 1 amide bonds. The Labute approximate surface area is 162 Å². The molecular formula is C20H36N2O5. The van der Waals surface area contributed by atoms with E-state index in [4.69, 9.17) is 15.2 Å². The molecule has 0 radical (unpaired) electrons. The lowest BCUT2D eigenvalue weighted by molar-refractivity contribution is -0.145. The van der Waals surface area contributed by atoms with Crippen LogP contribution in [0.2, 0.25) is 0 Å². The number of nitrogens with one attached hydrogen (secondary N) is 1. The Hall–Kier alpha value is -1.63. The molecule has 0 spiro atoms. The molecule has 0 aromatic rings. The summed E-state index contributed by atoms with van der Waals surface area (Å²) in [5.41, 5.74) is 5.23. The van der Waals surface area contributed by atoms with E-state index >= 15 is 0 Å². The molecule has 1 aliphatic heterocycles. The number of ether oxygens (including phenoxy) is 2. The Morgan fingerprint density at radius 2 is 1.26 bits per heavy atom. The molecular weight excluding hydrogens is 348 g/mol. The molecule has 156 valence electrons. The topological polar surface area (TPSA) is 108 Å². The molecule has 0 atom stereocenters. The zero-order valence-electron chi connectivity index (χ0n) is 16.8. The van der Waals surface area contributed by atoms with E-state index in [1.807, 2.05) is 13.8 Å². The highest BCUT2D eigenvalue weighted by atomic mass is 16.5. The van der Waals surface area contributed by atoms with Crippen molar-refractivity contribution in [3.05, 3.63) is 0 Å². The third-order valence-electron chi connectivity index (χ3n) is 5.23. The van der Waals surface area contributed by atoms with Crippen molar-refractivity contribution in [1.82, 2.24) is 5.32 Å². The van der Waals surface area contributed by atoms with Gasteiger partial charge in [-0.25, -0.2) is 0 Å². The van der Waals surface area contributed by atoms with Crippen LogP contribution in [-0.4, -0.2) is 44.1 Å². The van der Waals surface area contributed by atoms with Crippen molar-refractivity contribution in [3.8, 4) is 0 Å². The maximum Gasteiger partial charge on any atom is 0.306 e. The number of primary amides is 1. The molecule has 3 N–H and O–H groups in total. The molecule has 0 bridgehead atoms. The molecule has 2 fully saturated rings. The molecule has 1 saturated carbocycles. The molecule has 1 heterocycles. The number of rotatable bonds is 7. The summed E-state index contributed by atoms with van der Waals surface area (Å²) >= 11 is 0. The zero-order chi connectivity index (χ0) is 20.1. The van der Waals surface area contributed by atoms with Crippen molar-refractivity contribution >= 4 is 17.8 Å². The van der Waals surface area contributed by atoms with Gasteiger partial charge in [0.2, 0.25) is 5.91 Å². The van der Waals surface area contributed by atoms with Crippen molar-refractivity contribution < 1.29 is 23.9 Å². The first-order chi connectivity index (χ1) is 13.0. The SMILES string of the molecule is CCOC(=O)CC1CCC(C(N)=O)CC1.CCOC(=O)CC1CCNCC1. The molecule has 1 aliphatic carbocycles. The Morgan fingerprint density at radius 1 is 0.815 bits per heavy atom. The minimum absolute atomic E-state index is 0.0171. The van der Waals surface area contributed by atoms with Crippen LogP contribution in [0.25, 0.3) is 0 Å². The number of nitrogens with two attached hydrogens (primary N) is 1. The molecule has 0 aromatic carbocycles. The van der Waals surface area contributed by atoms with Crippen molar-refractivity contribution in [2.24, 2.45) is 23.5 Å². The van der Waals surface area contributed by atoms with E-state index in [1.54, 1.807) is 0 Å². The monoisotopic (exact) mass is 384 g/mol. The second-order valence-corrected chi connectivity index (χ2v) is 7.33. The third-order valence-corrected chi connectivity index (χ3v) is 5.23. The number of piperidine rings is 1. The molecule has 27 heavy (non-hydrogen) atoms. The molecule has 2 rings (SSSR count). The summed E-state index contributed by atoms with van der Waals surface area (Å²) in [7, 11) is 0. The van der Waals surface area contributed by atoms with E-state index in [2.05, 4.69) is 5.32 Å². The third kappa shape index (κ3) is 10.3. The van der Waals surface area contributed by atoms with Crippen LogP contribution in [0, 0.1) is 17.8 Å². The summed E-state index contributed by atoms with van der Waals surface area (Å²) in [5.74, 6) is 0.572. The van der Waals surface area contributed by atoms with Gasteiger partial charge in [0.05, 0.1) is 13.2 Å². The van der Waals surface area contributed by atoms with Gasteiger partial charge >= 0.3 is 11.9 Å². The first-order valence-electron chi connectivity index (χ1n) is 10.3. The fourth-order valence-electron chi connectivity index (χ4n) is 3.65. The average Bonchev–Trinajstić information content (AvgIpc) is 2.64. The fraction of sp³-hybridized carbons (Fsp3) is 0.850. The maximum atomic E-state index is 11.2. The van der Waals surface area contributed by atoms with Gasteiger partial charge in [-0.1, -0.05) is 0 Å². The van der Waals surface area contributed by atoms with Gasteiger partial charge in [0, 0.05) is 18.8 Å². The van der Waals surface area contributed by atoms with Crippen molar-refractivity contribution in [2.45, 2.75) is 65.2 Å². The summed E-state index contributed by atoms with van der Waals surface area (Å²) < 4.78 is 9.77. The highest BCUT2D eigenvalue weighted by molar-refractivity contribution is 5.76. The zero-order valence-corrected chi connectivity index (χ0v) is 16.8. The largest absolute Gasteiger partial charge is 0.466 e. The first kappa shape index (κ1) is 23.4. The van der Waals surface area contributed by atoms with Crippen LogP contribution in [0.4, 0.5) is 0 Å². The number of hydrogen-bond acceptors (Lipinski definition) is 6.